The summed E-state index contributed by atoms with van der Waals surface area (Å²) in [6.07, 6.45) is -3.91. The molecule has 1 saturated heterocycles. The number of rotatable bonds is 5. The Morgan fingerprint density at radius 3 is 2.71 bits per heavy atom. The Hall–Kier alpha value is -2.35. The number of hydrogen-bond acceptors (Lipinski definition) is 3. The number of ether oxygens (including phenoxy) is 1. The summed E-state index contributed by atoms with van der Waals surface area (Å²) < 4.78 is 43.5. The van der Waals surface area contributed by atoms with Crippen LogP contribution in [0.4, 0.5) is 13.2 Å². The van der Waals surface area contributed by atoms with Crippen molar-refractivity contribution >= 4 is 11.9 Å². The molecule has 1 aliphatic rings. The number of benzene rings is 1. The molecule has 8 heteroatoms. The maximum atomic E-state index is 12.7. The zero-order valence-electron chi connectivity index (χ0n) is 12.6. The van der Waals surface area contributed by atoms with Gasteiger partial charge >= 0.3 is 12.1 Å². The van der Waals surface area contributed by atoms with Crippen molar-refractivity contribution < 1.29 is 32.6 Å². The molecule has 1 aromatic rings. The summed E-state index contributed by atoms with van der Waals surface area (Å²) in [5.74, 6) is -1.68. The lowest BCUT2D eigenvalue weighted by atomic mass is 10.1. The number of hydrogen-bond donors (Lipinski definition) is 1. The maximum Gasteiger partial charge on any atom is 0.416 e. The lowest BCUT2D eigenvalue weighted by Gasteiger charge is -2.19. The van der Waals surface area contributed by atoms with E-state index in [9.17, 15) is 22.8 Å². The van der Waals surface area contributed by atoms with Crippen molar-refractivity contribution in [2.45, 2.75) is 31.3 Å². The smallest absolute Gasteiger partial charge is 0.416 e. The van der Waals surface area contributed by atoms with Crippen molar-refractivity contribution in [3.63, 3.8) is 0 Å². The van der Waals surface area contributed by atoms with Crippen LogP contribution in [0.15, 0.2) is 36.9 Å². The van der Waals surface area contributed by atoms with E-state index in [1.807, 2.05) is 0 Å². The summed E-state index contributed by atoms with van der Waals surface area (Å²) in [6.45, 7) is 3.27. The van der Waals surface area contributed by atoms with Crippen LogP contribution in [-0.2, 0) is 27.1 Å². The van der Waals surface area contributed by atoms with E-state index in [-0.39, 0.29) is 19.6 Å². The van der Waals surface area contributed by atoms with Crippen LogP contribution in [-0.4, -0.2) is 40.6 Å². The number of carboxylic acid groups (broad SMARTS) is 1. The van der Waals surface area contributed by atoms with Crippen molar-refractivity contribution in [1.82, 2.24) is 4.90 Å². The molecule has 1 aromatic carbocycles. The third-order valence-corrected chi connectivity index (χ3v) is 3.75. The summed E-state index contributed by atoms with van der Waals surface area (Å²) in [6, 6.07) is 3.69. The fraction of sp³-hybridized carbons (Fsp3) is 0.375. The fourth-order valence-electron chi connectivity index (χ4n) is 2.56. The van der Waals surface area contributed by atoms with Crippen LogP contribution in [0.25, 0.3) is 0 Å². The molecular formula is C16H16F3NO4. The minimum absolute atomic E-state index is 0.0563. The first-order valence-electron chi connectivity index (χ1n) is 7.16. The highest BCUT2D eigenvalue weighted by molar-refractivity contribution is 5.91. The molecule has 5 nitrogen and oxygen atoms in total. The molecule has 0 bridgehead atoms. The quantitative estimate of drug-likeness (QED) is 0.834. The van der Waals surface area contributed by atoms with Gasteiger partial charge in [0.25, 0.3) is 0 Å². The Morgan fingerprint density at radius 1 is 1.42 bits per heavy atom. The largest absolute Gasteiger partial charge is 0.480 e. The topological polar surface area (TPSA) is 66.8 Å². The summed E-state index contributed by atoms with van der Waals surface area (Å²) in [5, 5.41) is 9.15. The van der Waals surface area contributed by atoms with E-state index in [0.29, 0.717) is 5.56 Å². The molecular weight excluding hydrogens is 327 g/mol. The molecule has 0 spiro atoms. The lowest BCUT2D eigenvalue weighted by Crippen LogP contribution is -2.39. The second kappa shape index (κ2) is 7.04. The van der Waals surface area contributed by atoms with E-state index in [0.717, 1.165) is 23.1 Å². The number of nitrogens with zero attached hydrogens (tertiary/aromatic N) is 1. The Bertz CT molecular complexity index is 644. The van der Waals surface area contributed by atoms with Gasteiger partial charge in [-0.05, 0) is 23.8 Å². The first-order valence-corrected chi connectivity index (χ1v) is 7.16. The van der Waals surface area contributed by atoms with Gasteiger partial charge in [0, 0.05) is 13.0 Å². The Kier molecular flexibility index (Phi) is 5.28. The molecule has 0 saturated carbocycles. The molecule has 2 rings (SSSR count). The molecule has 0 aliphatic carbocycles. The van der Waals surface area contributed by atoms with Crippen LogP contribution in [0.2, 0.25) is 0 Å². The van der Waals surface area contributed by atoms with Gasteiger partial charge in [0.05, 0.1) is 18.3 Å². The number of alkyl halides is 3. The highest BCUT2D eigenvalue weighted by Gasteiger charge is 2.39. The zero-order chi connectivity index (χ0) is 17.9. The van der Waals surface area contributed by atoms with Crippen LogP contribution in [0.3, 0.4) is 0 Å². The molecule has 0 radical (unpaired) electrons. The van der Waals surface area contributed by atoms with Crippen molar-refractivity contribution in [3.05, 3.63) is 48.0 Å². The van der Waals surface area contributed by atoms with Gasteiger partial charge in [-0.2, -0.15) is 13.2 Å². The van der Waals surface area contributed by atoms with Gasteiger partial charge in [0.1, 0.15) is 6.04 Å². The van der Waals surface area contributed by atoms with Crippen LogP contribution < -0.4 is 0 Å². The van der Waals surface area contributed by atoms with Crippen molar-refractivity contribution in [2.75, 3.05) is 6.54 Å². The number of amides is 1. The Labute approximate surface area is 136 Å². The molecule has 2 atom stereocenters. The van der Waals surface area contributed by atoms with Crippen LogP contribution in [0.5, 0.6) is 0 Å². The highest BCUT2D eigenvalue weighted by atomic mass is 19.4. The first kappa shape index (κ1) is 18.0. The molecule has 1 aliphatic heterocycles. The summed E-state index contributed by atoms with van der Waals surface area (Å²) in [4.78, 5) is 24.0. The SMILES string of the molecule is C=CC(=O)N1CC(OCc2cccc(C(F)(F)F)c2)CC1C(=O)O. The van der Waals surface area contributed by atoms with E-state index in [4.69, 9.17) is 9.84 Å². The van der Waals surface area contributed by atoms with Crippen LogP contribution in [0, 0.1) is 0 Å². The molecule has 1 amide bonds. The number of halogens is 3. The lowest BCUT2D eigenvalue weighted by molar-refractivity contribution is -0.146. The van der Waals surface area contributed by atoms with E-state index in [1.54, 1.807) is 0 Å². The molecule has 1 N–H and O–H groups in total. The standard InChI is InChI=1S/C16H16F3NO4/c1-2-14(21)20-8-12(7-13(20)15(22)23)24-9-10-4-3-5-11(6-10)16(17,18)19/h2-6,12-13H,1,7-9H2,(H,22,23). The first-order chi connectivity index (χ1) is 11.2. The van der Waals surface area contributed by atoms with Gasteiger partial charge in [-0.15, -0.1) is 0 Å². The van der Waals surface area contributed by atoms with E-state index < -0.39 is 35.8 Å². The van der Waals surface area contributed by atoms with Gasteiger partial charge in [0.15, 0.2) is 0 Å². The summed E-state index contributed by atoms with van der Waals surface area (Å²) in [5.41, 5.74) is -0.452. The van der Waals surface area contributed by atoms with Crippen molar-refractivity contribution in [3.8, 4) is 0 Å². The predicted molar refractivity (Wildman–Crippen MR) is 78.0 cm³/mol. The Morgan fingerprint density at radius 2 is 2.12 bits per heavy atom. The third kappa shape index (κ3) is 4.14. The van der Waals surface area contributed by atoms with Gasteiger partial charge in [-0.25, -0.2) is 4.79 Å². The molecule has 1 heterocycles. The van der Waals surface area contributed by atoms with E-state index >= 15 is 0 Å². The van der Waals surface area contributed by atoms with Crippen LogP contribution >= 0.6 is 0 Å². The average Bonchev–Trinajstić information content (AvgIpc) is 2.96. The maximum absolute atomic E-state index is 12.7. The molecule has 2 unspecified atom stereocenters. The minimum atomic E-state index is -4.44. The van der Waals surface area contributed by atoms with E-state index in [2.05, 4.69) is 6.58 Å². The van der Waals surface area contributed by atoms with Gasteiger partial charge in [0.2, 0.25) is 5.91 Å². The van der Waals surface area contributed by atoms with Crippen molar-refractivity contribution in [2.24, 2.45) is 0 Å². The molecule has 1 fully saturated rings. The average molecular weight is 343 g/mol. The van der Waals surface area contributed by atoms with Gasteiger partial charge in [-0.1, -0.05) is 18.7 Å². The van der Waals surface area contributed by atoms with Crippen molar-refractivity contribution in [1.29, 1.82) is 0 Å². The van der Waals surface area contributed by atoms with Crippen LogP contribution in [0.1, 0.15) is 17.5 Å². The highest BCUT2D eigenvalue weighted by Crippen LogP contribution is 2.30. The number of aliphatic carboxylic acids is 1. The molecule has 24 heavy (non-hydrogen) atoms. The minimum Gasteiger partial charge on any atom is -0.480 e. The molecule has 0 aromatic heterocycles. The van der Waals surface area contributed by atoms with E-state index in [1.165, 1.54) is 12.1 Å². The monoisotopic (exact) mass is 343 g/mol. The number of likely N-dealkylation sites (tertiary alicyclic amines) is 1. The summed E-state index contributed by atoms with van der Waals surface area (Å²) >= 11 is 0. The molecule has 130 valence electrons. The fourth-order valence-corrected chi connectivity index (χ4v) is 2.56. The third-order valence-electron chi connectivity index (χ3n) is 3.75. The summed E-state index contributed by atoms with van der Waals surface area (Å²) in [7, 11) is 0. The second-order valence-electron chi connectivity index (χ2n) is 5.42. The second-order valence-corrected chi connectivity index (χ2v) is 5.42. The zero-order valence-corrected chi connectivity index (χ0v) is 12.6. The predicted octanol–water partition coefficient (Wildman–Crippen LogP) is 2.46. The number of carbonyl (C=O) groups excluding carboxylic acids is 1. The normalized spacial score (nSPS) is 20.9. The number of carboxylic acids is 1. The van der Waals surface area contributed by atoms with Gasteiger partial charge in [-0.3, -0.25) is 4.79 Å². The number of carbonyl (C=O) groups is 2. The van der Waals surface area contributed by atoms with Gasteiger partial charge < -0.3 is 14.7 Å². The Balaban J connectivity index is 2.01.